The summed E-state index contributed by atoms with van der Waals surface area (Å²) in [6.45, 7) is 3.88. The number of fused-ring (bicyclic) bond motifs is 1. The van der Waals surface area contributed by atoms with Crippen LogP contribution in [-0.4, -0.2) is 28.9 Å². The molecule has 0 spiro atoms. The number of amides is 1. The van der Waals surface area contributed by atoms with E-state index >= 15 is 0 Å². The Morgan fingerprint density at radius 1 is 1.08 bits per heavy atom. The monoisotopic (exact) mass is 322 g/mol. The zero-order valence-electron chi connectivity index (χ0n) is 14.0. The van der Waals surface area contributed by atoms with Crippen molar-refractivity contribution in [2.75, 3.05) is 7.05 Å². The molecule has 0 radical (unpaired) electrons. The van der Waals surface area contributed by atoms with Crippen molar-refractivity contribution in [1.82, 2.24) is 9.88 Å². The summed E-state index contributed by atoms with van der Waals surface area (Å²) in [7, 11) is 1.74. The second kappa shape index (κ2) is 6.40. The van der Waals surface area contributed by atoms with Crippen LogP contribution in [-0.2, 0) is 0 Å². The fourth-order valence-electron chi connectivity index (χ4n) is 2.58. The van der Waals surface area contributed by atoms with Gasteiger partial charge >= 0.3 is 0 Å². The standard InChI is InChI=1S/C20H19FN2O/c1-13(2)23(3)20(24)18-12-14-8-4-5-9-15(14)19(22-18)16-10-6-7-11-17(16)21/h4-13H,1-3H3. The van der Waals surface area contributed by atoms with Gasteiger partial charge in [-0.2, -0.15) is 0 Å². The second-order valence-corrected chi connectivity index (χ2v) is 6.07. The highest BCUT2D eigenvalue weighted by Crippen LogP contribution is 2.29. The number of carbonyl (C=O) groups excluding carboxylic acids is 1. The molecule has 0 bridgehead atoms. The molecule has 3 nitrogen and oxygen atoms in total. The minimum absolute atomic E-state index is 0.0580. The SMILES string of the molecule is CC(C)N(C)C(=O)c1cc2ccccc2c(-c2ccccc2F)n1. The summed E-state index contributed by atoms with van der Waals surface area (Å²) in [5.74, 6) is -0.523. The van der Waals surface area contributed by atoms with Gasteiger partial charge in [-0.3, -0.25) is 4.79 Å². The molecular weight excluding hydrogens is 303 g/mol. The number of rotatable bonds is 3. The van der Waals surface area contributed by atoms with E-state index in [0.29, 0.717) is 17.0 Å². The van der Waals surface area contributed by atoms with E-state index < -0.39 is 0 Å². The van der Waals surface area contributed by atoms with Crippen LogP contribution in [0, 0.1) is 5.82 Å². The maximum absolute atomic E-state index is 14.3. The molecule has 2 aromatic carbocycles. The Morgan fingerprint density at radius 2 is 1.75 bits per heavy atom. The Kier molecular flexibility index (Phi) is 4.30. The van der Waals surface area contributed by atoms with Gasteiger partial charge in [0.25, 0.3) is 5.91 Å². The van der Waals surface area contributed by atoms with Gasteiger partial charge in [0.1, 0.15) is 11.5 Å². The molecule has 1 aromatic heterocycles. The van der Waals surface area contributed by atoms with E-state index in [9.17, 15) is 9.18 Å². The van der Waals surface area contributed by atoms with Gasteiger partial charge in [-0.1, -0.05) is 36.4 Å². The van der Waals surface area contributed by atoms with Crippen LogP contribution in [0.5, 0.6) is 0 Å². The fourth-order valence-corrected chi connectivity index (χ4v) is 2.58. The maximum Gasteiger partial charge on any atom is 0.272 e. The van der Waals surface area contributed by atoms with Gasteiger partial charge in [-0.15, -0.1) is 0 Å². The highest BCUT2D eigenvalue weighted by molar-refractivity contribution is 6.01. The number of hydrogen-bond acceptors (Lipinski definition) is 2. The van der Waals surface area contributed by atoms with Crippen LogP contribution in [0.3, 0.4) is 0 Å². The first kappa shape index (κ1) is 16.1. The van der Waals surface area contributed by atoms with Crippen molar-refractivity contribution in [3.63, 3.8) is 0 Å². The first-order chi connectivity index (χ1) is 11.5. The van der Waals surface area contributed by atoms with Crippen LogP contribution in [0.1, 0.15) is 24.3 Å². The van der Waals surface area contributed by atoms with Gasteiger partial charge in [0.2, 0.25) is 0 Å². The van der Waals surface area contributed by atoms with E-state index in [4.69, 9.17) is 0 Å². The van der Waals surface area contributed by atoms with Crippen molar-refractivity contribution in [2.24, 2.45) is 0 Å². The van der Waals surface area contributed by atoms with Gasteiger partial charge < -0.3 is 4.90 Å². The molecule has 4 heteroatoms. The molecule has 0 aliphatic carbocycles. The van der Waals surface area contributed by atoms with E-state index in [-0.39, 0.29) is 17.8 Å². The number of aromatic nitrogens is 1. The van der Waals surface area contributed by atoms with Gasteiger partial charge in [0.15, 0.2) is 0 Å². The van der Waals surface area contributed by atoms with Gasteiger partial charge in [0.05, 0.1) is 5.69 Å². The quantitative estimate of drug-likeness (QED) is 0.710. The molecule has 24 heavy (non-hydrogen) atoms. The predicted octanol–water partition coefficient (Wildman–Crippen LogP) is 4.52. The summed E-state index contributed by atoms with van der Waals surface area (Å²) >= 11 is 0. The molecule has 1 heterocycles. The van der Waals surface area contributed by atoms with Crippen LogP contribution in [0.4, 0.5) is 4.39 Å². The molecule has 0 aliphatic heterocycles. The van der Waals surface area contributed by atoms with Crippen LogP contribution in [0.2, 0.25) is 0 Å². The van der Waals surface area contributed by atoms with Gasteiger partial charge in [-0.05, 0) is 37.4 Å². The van der Waals surface area contributed by atoms with Crippen molar-refractivity contribution in [2.45, 2.75) is 19.9 Å². The van der Waals surface area contributed by atoms with Crippen molar-refractivity contribution in [3.8, 4) is 11.3 Å². The first-order valence-corrected chi connectivity index (χ1v) is 7.91. The van der Waals surface area contributed by atoms with E-state index in [1.807, 2.05) is 38.1 Å². The molecule has 3 rings (SSSR count). The molecule has 0 saturated carbocycles. The minimum Gasteiger partial charge on any atom is -0.338 e. The Labute approximate surface area is 140 Å². The van der Waals surface area contributed by atoms with Crippen LogP contribution in [0.25, 0.3) is 22.0 Å². The zero-order chi connectivity index (χ0) is 17.3. The van der Waals surface area contributed by atoms with Crippen LogP contribution in [0.15, 0.2) is 54.6 Å². The minimum atomic E-state index is -0.350. The van der Waals surface area contributed by atoms with E-state index in [2.05, 4.69) is 4.98 Å². The van der Waals surface area contributed by atoms with Gasteiger partial charge in [-0.25, -0.2) is 9.37 Å². The second-order valence-electron chi connectivity index (χ2n) is 6.07. The largest absolute Gasteiger partial charge is 0.338 e. The molecule has 122 valence electrons. The zero-order valence-corrected chi connectivity index (χ0v) is 14.0. The Bertz CT molecular complexity index is 905. The molecule has 0 saturated heterocycles. The summed E-state index contributed by atoms with van der Waals surface area (Å²) in [5.41, 5.74) is 1.21. The maximum atomic E-state index is 14.3. The number of benzene rings is 2. The topological polar surface area (TPSA) is 33.2 Å². The van der Waals surface area contributed by atoms with Crippen LogP contribution >= 0.6 is 0 Å². The Hall–Kier alpha value is -2.75. The van der Waals surface area contributed by atoms with Gasteiger partial charge in [0, 0.05) is 24.0 Å². The molecule has 0 unspecified atom stereocenters. The number of halogens is 1. The van der Waals surface area contributed by atoms with Crippen LogP contribution < -0.4 is 0 Å². The normalized spacial score (nSPS) is 11.0. The lowest BCUT2D eigenvalue weighted by Gasteiger charge is -2.21. The molecule has 0 atom stereocenters. The lowest BCUT2D eigenvalue weighted by molar-refractivity contribution is 0.0749. The van der Waals surface area contributed by atoms with E-state index in [0.717, 1.165) is 10.8 Å². The van der Waals surface area contributed by atoms with Crippen molar-refractivity contribution in [1.29, 1.82) is 0 Å². The molecule has 0 fully saturated rings. The fraction of sp³-hybridized carbons (Fsp3) is 0.200. The number of hydrogen-bond donors (Lipinski definition) is 0. The molecule has 0 aliphatic rings. The third kappa shape index (κ3) is 2.87. The van der Waals surface area contributed by atoms with Crippen molar-refractivity contribution >= 4 is 16.7 Å². The number of carbonyl (C=O) groups is 1. The average Bonchev–Trinajstić information content (AvgIpc) is 2.60. The summed E-state index contributed by atoms with van der Waals surface area (Å²) in [5, 5.41) is 1.69. The van der Waals surface area contributed by atoms with E-state index in [1.165, 1.54) is 6.07 Å². The summed E-state index contributed by atoms with van der Waals surface area (Å²) < 4.78 is 14.3. The van der Waals surface area contributed by atoms with Crippen molar-refractivity contribution < 1.29 is 9.18 Å². The molecule has 3 aromatic rings. The predicted molar refractivity (Wildman–Crippen MR) is 94.4 cm³/mol. The lowest BCUT2D eigenvalue weighted by Crippen LogP contribution is -2.33. The average molecular weight is 322 g/mol. The Balaban J connectivity index is 2.25. The van der Waals surface area contributed by atoms with E-state index in [1.54, 1.807) is 36.2 Å². The summed E-state index contributed by atoms with van der Waals surface area (Å²) in [6.07, 6.45) is 0. The smallest absolute Gasteiger partial charge is 0.272 e. The number of pyridine rings is 1. The number of nitrogens with zero attached hydrogens (tertiary/aromatic N) is 2. The Morgan fingerprint density at radius 3 is 2.46 bits per heavy atom. The third-order valence-corrected chi connectivity index (χ3v) is 4.18. The summed E-state index contributed by atoms with van der Waals surface area (Å²) in [6, 6.07) is 15.9. The first-order valence-electron chi connectivity index (χ1n) is 7.91. The highest BCUT2D eigenvalue weighted by atomic mass is 19.1. The van der Waals surface area contributed by atoms with Crippen molar-refractivity contribution in [3.05, 3.63) is 66.1 Å². The summed E-state index contributed by atoms with van der Waals surface area (Å²) in [4.78, 5) is 18.8. The molecular formula is C20H19FN2O. The highest BCUT2D eigenvalue weighted by Gasteiger charge is 2.19. The molecule has 0 N–H and O–H groups in total. The lowest BCUT2D eigenvalue weighted by atomic mass is 10.0. The third-order valence-electron chi connectivity index (χ3n) is 4.18. The molecule has 1 amide bonds.